The highest BCUT2D eigenvalue weighted by Crippen LogP contribution is 2.48. The van der Waals surface area contributed by atoms with Crippen LogP contribution in [0.15, 0.2) is 36.5 Å². The van der Waals surface area contributed by atoms with E-state index in [1.165, 1.54) is 0 Å². The van der Waals surface area contributed by atoms with Gasteiger partial charge in [0.05, 0.1) is 11.6 Å². The van der Waals surface area contributed by atoms with E-state index in [0.717, 1.165) is 10.9 Å². The number of pyridine rings is 1. The van der Waals surface area contributed by atoms with Crippen LogP contribution in [-0.2, 0) is 4.79 Å². The van der Waals surface area contributed by atoms with Crippen LogP contribution in [-0.4, -0.2) is 46.8 Å². The summed E-state index contributed by atoms with van der Waals surface area (Å²) >= 11 is 0. The first-order valence-electron chi connectivity index (χ1n) is 7.76. The van der Waals surface area contributed by atoms with E-state index in [-0.39, 0.29) is 18.4 Å². The normalized spacial score (nSPS) is 22.1. The third-order valence-electron chi connectivity index (χ3n) is 4.51. The Kier molecular flexibility index (Phi) is 3.26. The minimum absolute atomic E-state index is 0.136. The van der Waals surface area contributed by atoms with Gasteiger partial charge in [-0.05, 0) is 24.3 Å². The van der Waals surface area contributed by atoms with Crippen LogP contribution in [0, 0.1) is 5.92 Å². The van der Waals surface area contributed by atoms with Crippen molar-refractivity contribution in [3.05, 3.63) is 42.1 Å². The van der Waals surface area contributed by atoms with Crippen molar-refractivity contribution in [3.63, 3.8) is 0 Å². The summed E-state index contributed by atoms with van der Waals surface area (Å²) in [7, 11) is 0. The number of nitrogens with one attached hydrogen (secondary N) is 1. The van der Waals surface area contributed by atoms with Gasteiger partial charge in [-0.1, -0.05) is 6.07 Å². The van der Waals surface area contributed by atoms with Gasteiger partial charge in [-0.25, -0.2) is 8.78 Å². The predicted octanol–water partition coefficient (Wildman–Crippen LogP) is 1.83. The van der Waals surface area contributed by atoms with Crippen LogP contribution < -0.4 is 5.32 Å². The van der Waals surface area contributed by atoms with E-state index in [1.807, 2.05) is 6.07 Å². The molecule has 0 spiro atoms. The van der Waals surface area contributed by atoms with Crippen LogP contribution in [0.2, 0.25) is 0 Å². The molecule has 7 heteroatoms. The number of halogens is 2. The molecule has 2 aliphatic rings. The van der Waals surface area contributed by atoms with E-state index < -0.39 is 17.7 Å². The Hall–Kier alpha value is -2.57. The van der Waals surface area contributed by atoms with E-state index in [4.69, 9.17) is 0 Å². The number of alkyl halides is 2. The van der Waals surface area contributed by atoms with Gasteiger partial charge in [-0.3, -0.25) is 14.6 Å². The second-order valence-corrected chi connectivity index (χ2v) is 6.34. The van der Waals surface area contributed by atoms with Gasteiger partial charge in [0.1, 0.15) is 5.92 Å². The summed E-state index contributed by atoms with van der Waals surface area (Å²) in [5, 5.41) is 3.46. The molecule has 1 atom stereocenters. The van der Waals surface area contributed by atoms with Crippen molar-refractivity contribution >= 4 is 22.7 Å². The Morgan fingerprint density at radius 1 is 1.25 bits per heavy atom. The maximum absolute atomic E-state index is 12.8. The summed E-state index contributed by atoms with van der Waals surface area (Å²) in [6, 6.07) is 8.72. The van der Waals surface area contributed by atoms with Gasteiger partial charge in [0.25, 0.3) is 11.8 Å². The molecule has 1 unspecified atom stereocenters. The number of aromatic nitrogens is 1. The van der Waals surface area contributed by atoms with Gasteiger partial charge in [0, 0.05) is 36.7 Å². The molecule has 1 aromatic carbocycles. The van der Waals surface area contributed by atoms with Gasteiger partial charge in [0.2, 0.25) is 5.91 Å². The second kappa shape index (κ2) is 5.22. The lowest BCUT2D eigenvalue weighted by Gasteiger charge is -2.39. The molecule has 2 aromatic rings. The first-order chi connectivity index (χ1) is 11.4. The minimum atomic E-state index is -2.86. The van der Waals surface area contributed by atoms with E-state index in [9.17, 15) is 18.4 Å². The first kappa shape index (κ1) is 15.0. The van der Waals surface area contributed by atoms with Gasteiger partial charge in [-0.15, -0.1) is 0 Å². The molecular formula is C17H15F2N3O2. The number of benzene rings is 1. The van der Waals surface area contributed by atoms with E-state index >= 15 is 0 Å². The maximum atomic E-state index is 12.8. The Balaban J connectivity index is 1.36. The predicted molar refractivity (Wildman–Crippen MR) is 82.6 cm³/mol. The van der Waals surface area contributed by atoms with Gasteiger partial charge < -0.3 is 10.2 Å². The summed E-state index contributed by atoms with van der Waals surface area (Å²) in [4.78, 5) is 29.8. The molecule has 2 fully saturated rings. The molecule has 1 aliphatic carbocycles. The lowest BCUT2D eigenvalue weighted by Crippen LogP contribution is -2.61. The lowest BCUT2D eigenvalue weighted by molar-refractivity contribution is -0.126. The fourth-order valence-electron chi connectivity index (χ4n) is 2.93. The Labute approximate surface area is 136 Å². The standard InChI is InChI=1S/C17H15F2N3O2/c18-17(19)7-13(17)15(23)21-12-8-22(9-12)16(24)11-3-4-14-10(6-11)2-1-5-20-14/h1-6,12-13H,7-9H2,(H,21,23). The van der Waals surface area contributed by atoms with E-state index in [0.29, 0.717) is 18.7 Å². The summed E-state index contributed by atoms with van der Waals surface area (Å²) in [5.74, 6) is -4.81. The molecule has 1 saturated heterocycles. The fraction of sp³-hybridized carbons (Fsp3) is 0.353. The van der Waals surface area contributed by atoms with Gasteiger partial charge >= 0.3 is 0 Å². The molecule has 1 aliphatic heterocycles. The average molecular weight is 331 g/mol. The number of fused-ring (bicyclic) bond motifs is 1. The molecule has 1 saturated carbocycles. The summed E-state index contributed by atoms with van der Waals surface area (Å²) in [5.41, 5.74) is 1.36. The summed E-state index contributed by atoms with van der Waals surface area (Å²) in [6.07, 6.45) is 1.31. The summed E-state index contributed by atoms with van der Waals surface area (Å²) < 4.78 is 25.7. The second-order valence-electron chi connectivity index (χ2n) is 6.34. The summed E-state index contributed by atoms with van der Waals surface area (Å²) in [6.45, 7) is 0.682. The number of nitrogens with zero attached hydrogens (tertiary/aromatic N) is 2. The zero-order chi connectivity index (χ0) is 16.9. The number of carbonyl (C=O) groups excluding carboxylic acids is 2. The van der Waals surface area contributed by atoms with Crippen LogP contribution in [0.25, 0.3) is 10.9 Å². The monoisotopic (exact) mass is 331 g/mol. The lowest BCUT2D eigenvalue weighted by atomic mass is 10.0. The van der Waals surface area contributed by atoms with Crippen LogP contribution in [0.4, 0.5) is 8.78 Å². The third-order valence-corrected chi connectivity index (χ3v) is 4.51. The quantitative estimate of drug-likeness (QED) is 0.933. The molecule has 2 amide bonds. The van der Waals surface area contributed by atoms with Crippen molar-refractivity contribution in [3.8, 4) is 0 Å². The number of amides is 2. The van der Waals surface area contributed by atoms with E-state index in [1.54, 1.807) is 35.4 Å². The zero-order valence-corrected chi connectivity index (χ0v) is 12.7. The molecule has 0 bridgehead atoms. The van der Waals surface area contributed by atoms with Crippen LogP contribution >= 0.6 is 0 Å². The average Bonchev–Trinajstić information content (AvgIpc) is 3.18. The smallest absolute Gasteiger partial charge is 0.260 e. The third kappa shape index (κ3) is 2.60. The van der Waals surface area contributed by atoms with Crippen molar-refractivity contribution in [2.24, 2.45) is 5.92 Å². The highest BCUT2D eigenvalue weighted by molar-refractivity contribution is 5.98. The maximum Gasteiger partial charge on any atom is 0.260 e. The van der Waals surface area contributed by atoms with Crippen molar-refractivity contribution in [1.29, 1.82) is 0 Å². The minimum Gasteiger partial charge on any atom is -0.349 e. The number of rotatable bonds is 3. The number of likely N-dealkylation sites (tertiary alicyclic amines) is 1. The van der Waals surface area contributed by atoms with Crippen LogP contribution in [0.5, 0.6) is 0 Å². The Morgan fingerprint density at radius 3 is 2.71 bits per heavy atom. The zero-order valence-electron chi connectivity index (χ0n) is 12.7. The van der Waals surface area contributed by atoms with Crippen LogP contribution in [0.1, 0.15) is 16.8 Å². The van der Waals surface area contributed by atoms with Crippen molar-refractivity contribution < 1.29 is 18.4 Å². The van der Waals surface area contributed by atoms with Gasteiger partial charge in [-0.2, -0.15) is 0 Å². The van der Waals surface area contributed by atoms with Crippen molar-refractivity contribution in [2.45, 2.75) is 18.4 Å². The molecule has 1 aromatic heterocycles. The Morgan fingerprint density at radius 2 is 2.00 bits per heavy atom. The molecule has 1 N–H and O–H groups in total. The Bertz CT molecular complexity index is 833. The molecule has 2 heterocycles. The SMILES string of the molecule is O=C(NC1CN(C(=O)c2ccc3ncccc3c2)C1)C1CC1(F)F. The van der Waals surface area contributed by atoms with Gasteiger partial charge in [0.15, 0.2) is 0 Å². The number of hydrogen-bond acceptors (Lipinski definition) is 3. The molecule has 4 rings (SSSR count). The molecule has 5 nitrogen and oxygen atoms in total. The van der Waals surface area contributed by atoms with Crippen LogP contribution in [0.3, 0.4) is 0 Å². The fourth-order valence-corrected chi connectivity index (χ4v) is 2.93. The number of hydrogen-bond donors (Lipinski definition) is 1. The highest BCUT2D eigenvalue weighted by atomic mass is 19.3. The molecule has 24 heavy (non-hydrogen) atoms. The first-order valence-corrected chi connectivity index (χ1v) is 7.76. The molecule has 124 valence electrons. The number of carbonyl (C=O) groups is 2. The van der Waals surface area contributed by atoms with Crippen molar-refractivity contribution in [2.75, 3.05) is 13.1 Å². The molecule has 0 radical (unpaired) electrons. The molecular weight excluding hydrogens is 316 g/mol. The topological polar surface area (TPSA) is 62.3 Å². The highest BCUT2D eigenvalue weighted by Gasteiger charge is 2.61. The van der Waals surface area contributed by atoms with Crippen molar-refractivity contribution in [1.82, 2.24) is 15.2 Å². The largest absolute Gasteiger partial charge is 0.349 e. The van der Waals surface area contributed by atoms with E-state index in [2.05, 4.69) is 10.3 Å².